The third-order valence-electron chi connectivity index (χ3n) is 2.84. The van der Waals surface area contributed by atoms with Crippen LogP contribution < -0.4 is 11.3 Å². The molecule has 0 aliphatic carbocycles. The van der Waals surface area contributed by atoms with Crippen molar-refractivity contribution in [1.82, 2.24) is 5.43 Å². The predicted molar refractivity (Wildman–Crippen MR) is 66.9 cm³/mol. The van der Waals surface area contributed by atoms with Crippen molar-refractivity contribution in [3.8, 4) is 0 Å². The topological polar surface area (TPSA) is 47.3 Å². The molecule has 17 heavy (non-hydrogen) atoms. The second-order valence-corrected chi connectivity index (χ2v) is 3.97. The SMILES string of the molecule is CCOC(CC)C(Cc1ccccc1F)NN. The summed E-state index contributed by atoms with van der Waals surface area (Å²) in [5.41, 5.74) is 3.38. The van der Waals surface area contributed by atoms with Crippen molar-refractivity contribution < 1.29 is 9.13 Å². The van der Waals surface area contributed by atoms with Gasteiger partial charge in [-0.2, -0.15) is 0 Å². The Labute approximate surface area is 102 Å². The van der Waals surface area contributed by atoms with Gasteiger partial charge in [-0.15, -0.1) is 0 Å². The number of hydrazine groups is 1. The van der Waals surface area contributed by atoms with E-state index in [1.54, 1.807) is 12.1 Å². The maximum absolute atomic E-state index is 13.5. The van der Waals surface area contributed by atoms with E-state index in [9.17, 15) is 4.39 Å². The quantitative estimate of drug-likeness (QED) is 0.566. The molecule has 0 bridgehead atoms. The molecular formula is C13H21FN2O. The fourth-order valence-electron chi connectivity index (χ4n) is 1.93. The average Bonchev–Trinajstić information content (AvgIpc) is 2.35. The van der Waals surface area contributed by atoms with Crippen molar-refractivity contribution in [2.75, 3.05) is 6.61 Å². The summed E-state index contributed by atoms with van der Waals surface area (Å²) in [7, 11) is 0. The van der Waals surface area contributed by atoms with Gasteiger partial charge in [0.2, 0.25) is 0 Å². The van der Waals surface area contributed by atoms with Crippen LogP contribution in [0.5, 0.6) is 0 Å². The zero-order valence-corrected chi connectivity index (χ0v) is 10.4. The van der Waals surface area contributed by atoms with Gasteiger partial charge in [0.1, 0.15) is 5.82 Å². The van der Waals surface area contributed by atoms with E-state index in [0.29, 0.717) is 18.6 Å². The molecule has 0 fully saturated rings. The Morgan fingerprint density at radius 1 is 1.35 bits per heavy atom. The Morgan fingerprint density at radius 2 is 2.06 bits per heavy atom. The maximum atomic E-state index is 13.5. The molecule has 1 aromatic carbocycles. The van der Waals surface area contributed by atoms with Crippen molar-refractivity contribution in [1.29, 1.82) is 0 Å². The number of nitrogens with two attached hydrogens (primary N) is 1. The van der Waals surface area contributed by atoms with E-state index in [-0.39, 0.29) is 18.0 Å². The molecule has 4 heteroatoms. The second kappa shape index (κ2) is 7.37. The number of hydrogen-bond acceptors (Lipinski definition) is 3. The van der Waals surface area contributed by atoms with E-state index in [1.807, 2.05) is 19.9 Å². The van der Waals surface area contributed by atoms with Gasteiger partial charge in [-0.05, 0) is 31.4 Å². The summed E-state index contributed by atoms with van der Waals surface area (Å²) in [6, 6.07) is 6.68. The number of nitrogens with one attached hydrogen (secondary N) is 1. The van der Waals surface area contributed by atoms with E-state index in [1.165, 1.54) is 6.07 Å². The molecule has 1 rings (SSSR count). The van der Waals surface area contributed by atoms with Gasteiger partial charge >= 0.3 is 0 Å². The molecule has 3 N–H and O–H groups in total. The van der Waals surface area contributed by atoms with Gasteiger partial charge in [0.15, 0.2) is 0 Å². The third-order valence-corrected chi connectivity index (χ3v) is 2.84. The highest BCUT2D eigenvalue weighted by atomic mass is 19.1. The third kappa shape index (κ3) is 4.07. The highest BCUT2D eigenvalue weighted by Gasteiger charge is 2.20. The molecule has 96 valence electrons. The number of halogens is 1. The average molecular weight is 240 g/mol. The molecule has 0 saturated carbocycles. The molecule has 0 saturated heterocycles. The highest BCUT2D eigenvalue weighted by molar-refractivity contribution is 5.18. The molecule has 0 aliphatic rings. The van der Waals surface area contributed by atoms with Gasteiger partial charge in [0.05, 0.1) is 12.1 Å². The lowest BCUT2D eigenvalue weighted by Crippen LogP contribution is -2.46. The smallest absolute Gasteiger partial charge is 0.126 e. The lowest BCUT2D eigenvalue weighted by atomic mass is 10.00. The molecule has 0 amide bonds. The van der Waals surface area contributed by atoms with Crippen LogP contribution in [-0.4, -0.2) is 18.8 Å². The van der Waals surface area contributed by atoms with E-state index < -0.39 is 0 Å². The summed E-state index contributed by atoms with van der Waals surface area (Å²) in [4.78, 5) is 0. The molecule has 0 radical (unpaired) electrons. The summed E-state index contributed by atoms with van der Waals surface area (Å²) in [6.07, 6.45) is 1.38. The predicted octanol–water partition coefficient (Wildman–Crippen LogP) is 2.02. The van der Waals surface area contributed by atoms with Gasteiger partial charge in [-0.3, -0.25) is 11.3 Å². The number of hydrogen-bond donors (Lipinski definition) is 2. The lowest BCUT2D eigenvalue weighted by molar-refractivity contribution is 0.0317. The summed E-state index contributed by atoms with van der Waals surface area (Å²) in [5.74, 6) is 5.33. The van der Waals surface area contributed by atoms with E-state index in [0.717, 1.165) is 6.42 Å². The van der Waals surface area contributed by atoms with Gasteiger partial charge in [-0.1, -0.05) is 25.1 Å². The normalized spacial score (nSPS) is 14.6. The molecule has 0 heterocycles. The van der Waals surface area contributed by atoms with Crippen molar-refractivity contribution in [2.24, 2.45) is 5.84 Å². The first-order chi connectivity index (χ1) is 8.22. The Balaban J connectivity index is 2.72. The summed E-state index contributed by atoms with van der Waals surface area (Å²) in [5, 5.41) is 0. The van der Waals surface area contributed by atoms with Crippen molar-refractivity contribution in [3.63, 3.8) is 0 Å². The number of rotatable bonds is 7. The maximum Gasteiger partial charge on any atom is 0.126 e. The first-order valence-electron chi connectivity index (χ1n) is 6.04. The Kier molecular flexibility index (Phi) is 6.11. The van der Waals surface area contributed by atoms with Crippen molar-refractivity contribution >= 4 is 0 Å². The van der Waals surface area contributed by atoms with Crippen molar-refractivity contribution in [2.45, 2.75) is 38.8 Å². The Bertz CT molecular complexity index is 333. The second-order valence-electron chi connectivity index (χ2n) is 3.97. The molecular weight excluding hydrogens is 219 g/mol. The van der Waals surface area contributed by atoms with Gasteiger partial charge in [0.25, 0.3) is 0 Å². The molecule has 2 atom stereocenters. The summed E-state index contributed by atoms with van der Waals surface area (Å²) < 4.78 is 19.1. The van der Waals surface area contributed by atoms with Crippen LogP contribution >= 0.6 is 0 Å². The minimum Gasteiger partial charge on any atom is -0.377 e. The zero-order valence-electron chi connectivity index (χ0n) is 10.4. The number of ether oxygens (including phenoxy) is 1. The lowest BCUT2D eigenvalue weighted by Gasteiger charge is -2.25. The molecule has 0 aliphatic heterocycles. The van der Waals surface area contributed by atoms with Gasteiger partial charge in [-0.25, -0.2) is 4.39 Å². The van der Waals surface area contributed by atoms with E-state index >= 15 is 0 Å². The van der Waals surface area contributed by atoms with Crippen LogP contribution in [0.25, 0.3) is 0 Å². The Morgan fingerprint density at radius 3 is 2.59 bits per heavy atom. The van der Waals surface area contributed by atoms with Crippen LogP contribution in [-0.2, 0) is 11.2 Å². The van der Waals surface area contributed by atoms with Gasteiger partial charge in [0, 0.05) is 6.61 Å². The van der Waals surface area contributed by atoms with Crippen LogP contribution in [0.4, 0.5) is 4.39 Å². The van der Waals surface area contributed by atoms with E-state index in [2.05, 4.69) is 5.43 Å². The zero-order chi connectivity index (χ0) is 12.7. The van der Waals surface area contributed by atoms with Crippen LogP contribution in [0.3, 0.4) is 0 Å². The highest BCUT2D eigenvalue weighted by Crippen LogP contribution is 2.13. The van der Waals surface area contributed by atoms with Crippen LogP contribution in [0.2, 0.25) is 0 Å². The first-order valence-corrected chi connectivity index (χ1v) is 6.04. The molecule has 2 unspecified atom stereocenters. The number of benzene rings is 1. The Hall–Kier alpha value is -0.970. The van der Waals surface area contributed by atoms with Crippen LogP contribution in [0, 0.1) is 5.82 Å². The first kappa shape index (κ1) is 14.1. The molecule has 0 spiro atoms. The minimum absolute atomic E-state index is 0.00426. The molecule has 3 nitrogen and oxygen atoms in total. The summed E-state index contributed by atoms with van der Waals surface area (Å²) in [6.45, 7) is 4.61. The monoisotopic (exact) mass is 240 g/mol. The van der Waals surface area contributed by atoms with E-state index in [4.69, 9.17) is 10.6 Å². The van der Waals surface area contributed by atoms with Crippen molar-refractivity contribution in [3.05, 3.63) is 35.6 Å². The fourth-order valence-corrected chi connectivity index (χ4v) is 1.93. The fraction of sp³-hybridized carbons (Fsp3) is 0.538. The molecule has 0 aromatic heterocycles. The largest absolute Gasteiger partial charge is 0.377 e. The minimum atomic E-state index is -0.195. The van der Waals surface area contributed by atoms with Crippen LogP contribution in [0.15, 0.2) is 24.3 Å². The molecule has 1 aromatic rings. The standard InChI is InChI=1S/C13H21FN2O/c1-3-13(17-4-2)12(16-15)9-10-7-5-6-8-11(10)14/h5-8,12-13,16H,3-4,9,15H2,1-2H3. The van der Waals surface area contributed by atoms with Gasteiger partial charge < -0.3 is 4.74 Å². The summed E-state index contributed by atoms with van der Waals surface area (Å²) >= 11 is 0. The van der Waals surface area contributed by atoms with Crippen LogP contribution in [0.1, 0.15) is 25.8 Å².